The molecule has 21 heavy (non-hydrogen) atoms. The van der Waals surface area contributed by atoms with E-state index < -0.39 is 4.92 Å². The van der Waals surface area contributed by atoms with Gasteiger partial charge in [-0.3, -0.25) is 14.9 Å². The number of carbonyl (C=O) groups excluding carboxylic acids is 1. The van der Waals surface area contributed by atoms with Gasteiger partial charge in [0, 0.05) is 23.3 Å². The summed E-state index contributed by atoms with van der Waals surface area (Å²) < 4.78 is 10.7. The molecule has 0 fully saturated rings. The Morgan fingerprint density at radius 3 is 2.48 bits per heavy atom. The van der Waals surface area contributed by atoms with Crippen LogP contribution >= 0.6 is 0 Å². The van der Waals surface area contributed by atoms with Crippen molar-refractivity contribution in [2.75, 3.05) is 7.11 Å². The third-order valence-electron chi connectivity index (χ3n) is 2.89. The minimum absolute atomic E-state index is 0.0225. The number of nitrogens with zero attached hydrogens (tertiary/aromatic N) is 1. The van der Waals surface area contributed by atoms with Crippen molar-refractivity contribution in [2.45, 2.75) is 6.61 Å². The summed E-state index contributed by atoms with van der Waals surface area (Å²) in [5, 5.41) is 10.8. The van der Waals surface area contributed by atoms with Crippen molar-refractivity contribution in [3.63, 3.8) is 0 Å². The summed E-state index contributed by atoms with van der Waals surface area (Å²) in [5.41, 5.74) is 1.10. The number of hydrogen-bond acceptors (Lipinski definition) is 5. The molecule has 0 N–H and O–H groups in total. The Labute approximate surface area is 121 Å². The van der Waals surface area contributed by atoms with E-state index in [0.29, 0.717) is 22.6 Å². The number of nitro benzene ring substituents is 1. The molecule has 0 saturated heterocycles. The Morgan fingerprint density at radius 1 is 1.19 bits per heavy atom. The van der Waals surface area contributed by atoms with Gasteiger partial charge in [0.2, 0.25) is 0 Å². The van der Waals surface area contributed by atoms with E-state index in [1.807, 2.05) is 0 Å². The van der Waals surface area contributed by atoms with Crippen LogP contribution in [0.3, 0.4) is 0 Å². The molecule has 2 rings (SSSR count). The van der Waals surface area contributed by atoms with Crippen molar-refractivity contribution in [3.8, 4) is 11.5 Å². The number of methoxy groups -OCH3 is 1. The Bertz CT molecular complexity index is 652. The third kappa shape index (κ3) is 3.56. The molecular formula is C15H13NO5. The highest BCUT2D eigenvalue weighted by Gasteiger charge is 2.11. The number of nitro groups is 1. The van der Waals surface area contributed by atoms with Crippen LogP contribution in [0.4, 0.5) is 5.69 Å². The minimum Gasteiger partial charge on any atom is -0.496 e. The van der Waals surface area contributed by atoms with E-state index in [4.69, 9.17) is 9.47 Å². The van der Waals surface area contributed by atoms with Gasteiger partial charge in [-0.05, 0) is 30.3 Å². The second kappa shape index (κ2) is 6.51. The van der Waals surface area contributed by atoms with Gasteiger partial charge in [0.05, 0.1) is 12.0 Å². The fourth-order valence-electron chi connectivity index (χ4n) is 1.80. The molecule has 0 bridgehead atoms. The first-order valence-electron chi connectivity index (χ1n) is 6.13. The summed E-state index contributed by atoms with van der Waals surface area (Å²) in [7, 11) is 1.49. The zero-order valence-electron chi connectivity index (χ0n) is 11.3. The summed E-state index contributed by atoms with van der Waals surface area (Å²) in [5.74, 6) is 1.08. The quantitative estimate of drug-likeness (QED) is 0.463. The molecule has 0 aromatic heterocycles. The Balaban J connectivity index is 2.15. The number of ether oxygens (including phenoxy) is 2. The van der Waals surface area contributed by atoms with E-state index in [0.717, 1.165) is 6.29 Å². The van der Waals surface area contributed by atoms with Gasteiger partial charge in [0.1, 0.15) is 24.4 Å². The van der Waals surface area contributed by atoms with E-state index in [2.05, 4.69) is 0 Å². The number of hydrogen-bond donors (Lipinski definition) is 0. The Hall–Kier alpha value is -2.89. The van der Waals surface area contributed by atoms with Crippen molar-refractivity contribution in [3.05, 3.63) is 63.7 Å². The largest absolute Gasteiger partial charge is 0.496 e. The number of non-ortho nitro benzene ring substituents is 1. The predicted octanol–water partition coefficient (Wildman–Crippen LogP) is 2.99. The Morgan fingerprint density at radius 2 is 1.90 bits per heavy atom. The second-order valence-corrected chi connectivity index (χ2v) is 4.23. The van der Waals surface area contributed by atoms with Crippen LogP contribution in [0.25, 0.3) is 0 Å². The van der Waals surface area contributed by atoms with Crippen molar-refractivity contribution in [2.24, 2.45) is 0 Å². The van der Waals surface area contributed by atoms with Crippen molar-refractivity contribution >= 4 is 12.0 Å². The van der Waals surface area contributed by atoms with Crippen LogP contribution in [0.2, 0.25) is 0 Å². The lowest BCUT2D eigenvalue weighted by Crippen LogP contribution is -2.00. The highest BCUT2D eigenvalue weighted by molar-refractivity contribution is 5.74. The topological polar surface area (TPSA) is 78.7 Å². The molecule has 0 amide bonds. The zero-order valence-corrected chi connectivity index (χ0v) is 11.3. The molecule has 0 spiro atoms. The average molecular weight is 287 g/mol. The molecule has 6 heteroatoms. The van der Waals surface area contributed by atoms with Crippen LogP contribution < -0.4 is 9.47 Å². The Kier molecular flexibility index (Phi) is 4.50. The SMILES string of the molecule is COc1ccc([N+](=O)[O-])cc1COc1ccc(C=O)cc1. The normalized spacial score (nSPS) is 9.95. The van der Waals surface area contributed by atoms with Crippen LogP contribution in [0.5, 0.6) is 11.5 Å². The molecule has 0 aliphatic heterocycles. The van der Waals surface area contributed by atoms with Crippen molar-refractivity contribution < 1.29 is 19.2 Å². The van der Waals surface area contributed by atoms with E-state index in [1.54, 1.807) is 24.3 Å². The van der Waals surface area contributed by atoms with E-state index in [1.165, 1.54) is 25.3 Å². The van der Waals surface area contributed by atoms with Gasteiger partial charge >= 0.3 is 0 Å². The van der Waals surface area contributed by atoms with Crippen molar-refractivity contribution in [1.82, 2.24) is 0 Å². The maximum absolute atomic E-state index is 10.8. The molecular weight excluding hydrogens is 274 g/mol. The van der Waals surface area contributed by atoms with Crippen molar-refractivity contribution in [1.29, 1.82) is 0 Å². The lowest BCUT2D eigenvalue weighted by Gasteiger charge is -2.10. The van der Waals surface area contributed by atoms with Crippen LogP contribution in [0.1, 0.15) is 15.9 Å². The van der Waals surface area contributed by atoms with Crippen LogP contribution in [-0.4, -0.2) is 18.3 Å². The highest BCUT2D eigenvalue weighted by atomic mass is 16.6. The van der Waals surface area contributed by atoms with E-state index >= 15 is 0 Å². The van der Waals surface area contributed by atoms with Crippen LogP contribution in [-0.2, 0) is 6.61 Å². The molecule has 0 heterocycles. The van der Waals surface area contributed by atoms with Gasteiger partial charge in [0.25, 0.3) is 5.69 Å². The molecule has 0 aliphatic rings. The maximum Gasteiger partial charge on any atom is 0.270 e. The first-order valence-corrected chi connectivity index (χ1v) is 6.13. The number of carbonyl (C=O) groups is 1. The van der Waals surface area contributed by atoms with Gasteiger partial charge < -0.3 is 9.47 Å². The van der Waals surface area contributed by atoms with Crippen LogP contribution in [0.15, 0.2) is 42.5 Å². The molecule has 0 aliphatic carbocycles. The number of benzene rings is 2. The summed E-state index contributed by atoms with van der Waals surface area (Å²) >= 11 is 0. The summed E-state index contributed by atoms with van der Waals surface area (Å²) in [6.45, 7) is 0.130. The first kappa shape index (κ1) is 14.5. The standard InChI is InChI=1S/C15H13NO5/c1-20-15-7-4-13(16(18)19)8-12(15)10-21-14-5-2-11(9-17)3-6-14/h2-9H,10H2,1H3. The first-order chi connectivity index (χ1) is 10.1. The summed E-state index contributed by atoms with van der Waals surface area (Å²) in [6.07, 6.45) is 0.743. The minimum atomic E-state index is -0.470. The summed E-state index contributed by atoms with van der Waals surface area (Å²) in [4.78, 5) is 20.9. The fourth-order valence-corrected chi connectivity index (χ4v) is 1.80. The summed E-state index contributed by atoms with van der Waals surface area (Å²) in [6, 6.07) is 10.9. The molecule has 0 radical (unpaired) electrons. The fraction of sp³-hybridized carbons (Fsp3) is 0.133. The number of rotatable bonds is 6. The molecule has 6 nitrogen and oxygen atoms in total. The van der Waals surface area contributed by atoms with Crippen LogP contribution in [0, 0.1) is 10.1 Å². The third-order valence-corrected chi connectivity index (χ3v) is 2.89. The van der Waals surface area contributed by atoms with E-state index in [-0.39, 0.29) is 12.3 Å². The molecule has 108 valence electrons. The lowest BCUT2D eigenvalue weighted by molar-refractivity contribution is -0.385. The van der Waals surface area contributed by atoms with Gasteiger partial charge in [-0.15, -0.1) is 0 Å². The lowest BCUT2D eigenvalue weighted by atomic mass is 10.2. The maximum atomic E-state index is 10.8. The van der Waals surface area contributed by atoms with Gasteiger partial charge in [-0.25, -0.2) is 0 Å². The monoisotopic (exact) mass is 287 g/mol. The molecule has 0 atom stereocenters. The highest BCUT2D eigenvalue weighted by Crippen LogP contribution is 2.25. The van der Waals surface area contributed by atoms with Gasteiger partial charge in [0.15, 0.2) is 0 Å². The smallest absolute Gasteiger partial charge is 0.270 e. The molecule has 2 aromatic rings. The second-order valence-electron chi connectivity index (χ2n) is 4.23. The van der Waals surface area contributed by atoms with E-state index in [9.17, 15) is 14.9 Å². The average Bonchev–Trinajstić information content (AvgIpc) is 2.53. The predicted molar refractivity (Wildman–Crippen MR) is 75.8 cm³/mol. The van der Waals surface area contributed by atoms with Gasteiger partial charge in [-0.2, -0.15) is 0 Å². The molecule has 0 saturated carbocycles. The zero-order chi connectivity index (χ0) is 15.2. The van der Waals surface area contributed by atoms with Gasteiger partial charge in [-0.1, -0.05) is 0 Å². The number of aldehydes is 1. The molecule has 2 aromatic carbocycles. The molecule has 0 unspecified atom stereocenters.